The lowest BCUT2D eigenvalue weighted by molar-refractivity contribution is 0.0524. The molecule has 1 aromatic carbocycles. The van der Waals surface area contributed by atoms with Crippen molar-refractivity contribution in [2.75, 3.05) is 5.32 Å². The Balaban J connectivity index is 2.01. The molecule has 1 aliphatic carbocycles. The minimum Gasteiger partial charge on any atom is -0.446 e. The van der Waals surface area contributed by atoms with Crippen LogP contribution in [-0.4, -0.2) is 12.2 Å². The molecule has 3 nitrogen and oxygen atoms in total. The van der Waals surface area contributed by atoms with Gasteiger partial charge in [-0.05, 0) is 49.7 Å². The Labute approximate surface area is 121 Å². The van der Waals surface area contributed by atoms with Crippen molar-refractivity contribution in [3.8, 4) is 0 Å². The molecule has 20 heavy (non-hydrogen) atoms. The minimum atomic E-state index is -0.312. The van der Waals surface area contributed by atoms with Gasteiger partial charge in [0, 0.05) is 0 Å². The molecule has 0 unspecified atom stereocenters. The maximum atomic E-state index is 12.1. The van der Waals surface area contributed by atoms with Crippen molar-refractivity contribution in [1.29, 1.82) is 0 Å². The molecule has 0 heterocycles. The fraction of sp³-hybridized carbons (Fsp3) is 0.588. The summed E-state index contributed by atoms with van der Waals surface area (Å²) in [5.74, 6) is 0.469. The van der Waals surface area contributed by atoms with Crippen LogP contribution in [0.3, 0.4) is 0 Å². The van der Waals surface area contributed by atoms with Crippen molar-refractivity contribution in [2.24, 2.45) is 5.92 Å². The van der Waals surface area contributed by atoms with Gasteiger partial charge in [-0.1, -0.05) is 38.5 Å². The molecule has 110 valence electrons. The number of aryl methyl sites for hydroxylation is 2. The number of amides is 1. The third kappa shape index (κ3) is 3.53. The summed E-state index contributed by atoms with van der Waals surface area (Å²) in [6, 6.07) is 6.08. The first-order chi connectivity index (χ1) is 9.61. The molecule has 0 aliphatic heterocycles. The standard InChI is InChI=1S/C17H25NO2/c1-4-14-10-7-9-13(3)16(14)18-17(19)20-15-11-6-5-8-12(15)2/h7,9-10,12,15H,4-6,8,11H2,1-3H3,(H,18,19)/t12-,15+/m0/s1. The molecule has 0 bridgehead atoms. The summed E-state index contributed by atoms with van der Waals surface area (Å²) in [5, 5.41) is 2.94. The summed E-state index contributed by atoms with van der Waals surface area (Å²) in [5.41, 5.74) is 3.14. The maximum absolute atomic E-state index is 12.1. The summed E-state index contributed by atoms with van der Waals surface area (Å²) in [6.07, 6.45) is 5.21. The van der Waals surface area contributed by atoms with Gasteiger partial charge < -0.3 is 4.74 Å². The smallest absolute Gasteiger partial charge is 0.411 e. The fourth-order valence-electron chi connectivity index (χ4n) is 2.93. The van der Waals surface area contributed by atoms with Crippen molar-refractivity contribution in [3.05, 3.63) is 29.3 Å². The Morgan fingerprint density at radius 2 is 2.10 bits per heavy atom. The normalized spacial score (nSPS) is 22.4. The van der Waals surface area contributed by atoms with E-state index in [0.29, 0.717) is 5.92 Å². The van der Waals surface area contributed by atoms with Crippen LogP contribution in [0.25, 0.3) is 0 Å². The van der Waals surface area contributed by atoms with Gasteiger partial charge in [-0.15, -0.1) is 0 Å². The molecule has 0 saturated heterocycles. The zero-order valence-corrected chi connectivity index (χ0v) is 12.7. The SMILES string of the molecule is CCc1cccc(C)c1NC(=O)O[C@@H]1CCCC[C@@H]1C. The zero-order chi connectivity index (χ0) is 14.5. The van der Waals surface area contributed by atoms with E-state index in [9.17, 15) is 4.79 Å². The Kier molecular flexibility index (Phi) is 5.05. The predicted octanol–water partition coefficient (Wildman–Crippen LogP) is 4.68. The van der Waals surface area contributed by atoms with Crippen LogP contribution in [0.4, 0.5) is 10.5 Å². The third-order valence-electron chi connectivity index (χ3n) is 4.26. The Bertz CT molecular complexity index is 470. The van der Waals surface area contributed by atoms with Crippen LogP contribution in [0.15, 0.2) is 18.2 Å². The quantitative estimate of drug-likeness (QED) is 0.869. The number of ether oxygens (including phenoxy) is 1. The van der Waals surface area contributed by atoms with E-state index in [2.05, 4.69) is 19.2 Å². The number of para-hydroxylation sites is 1. The number of nitrogens with one attached hydrogen (secondary N) is 1. The number of carbonyl (C=O) groups excluding carboxylic acids is 1. The van der Waals surface area contributed by atoms with Gasteiger partial charge in [0.2, 0.25) is 0 Å². The van der Waals surface area contributed by atoms with Crippen LogP contribution in [0.5, 0.6) is 0 Å². The topological polar surface area (TPSA) is 38.3 Å². The molecule has 0 aromatic heterocycles. The predicted molar refractivity (Wildman–Crippen MR) is 82.1 cm³/mol. The van der Waals surface area contributed by atoms with E-state index in [1.807, 2.05) is 25.1 Å². The van der Waals surface area contributed by atoms with Crippen molar-refractivity contribution in [2.45, 2.75) is 59.0 Å². The van der Waals surface area contributed by atoms with E-state index >= 15 is 0 Å². The van der Waals surface area contributed by atoms with Crippen molar-refractivity contribution < 1.29 is 9.53 Å². The first kappa shape index (κ1) is 14.9. The number of rotatable bonds is 3. The van der Waals surface area contributed by atoms with Gasteiger partial charge in [-0.2, -0.15) is 0 Å². The van der Waals surface area contributed by atoms with Gasteiger partial charge in [0.05, 0.1) is 5.69 Å². The number of carbonyl (C=O) groups is 1. The van der Waals surface area contributed by atoms with Gasteiger partial charge >= 0.3 is 6.09 Å². The second-order valence-electron chi connectivity index (χ2n) is 5.79. The lowest BCUT2D eigenvalue weighted by Crippen LogP contribution is -2.30. The van der Waals surface area contributed by atoms with Crippen molar-refractivity contribution in [3.63, 3.8) is 0 Å². The van der Waals surface area contributed by atoms with Crippen LogP contribution in [0, 0.1) is 12.8 Å². The van der Waals surface area contributed by atoms with E-state index in [-0.39, 0.29) is 12.2 Å². The first-order valence-electron chi connectivity index (χ1n) is 7.68. The number of hydrogen-bond donors (Lipinski definition) is 1. The second-order valence-corrected chi connectivity index (χ2v) is 5.79. The lowest BCUT2D eigenvalue weighted by Gasteiger charge is -2.28. The molecule has 3 heteroatoms. The van der Waals surface area contributed by atoms with E-state index in [4.69, 9.17) is 4.74 Å². The van der Waals surface area contributed by atoms with E-state index in [0.717, 1.165) is 42.5 Å². The summed E-state index contributed by atoms with van der Waals surface area (Å²) in [7, 11) is 0. The Hall–Kier alpha value is -1.51. The average molecular weight is 275 g/mol. The molecule has 1 N–H and O–H groups in total. The van der Waals surface area contributed by atoms with Crippen LogP contribution < -0.4 is 5.32 Å². The van der Waals surface area contributed by atoms with Gasteiger partial charge in [0.1, 0.15) is 6.10 Å². The lowest BCUT2D eigenvalue weighted by atomic mass is 9.88. The molecule has 0 spiro atoms. The van der Waals surface area contributed by atoms with E-state index < -0.39 is 0 Å². The Morgan fingerprint density at radius 1 is 1.35 bits per heavy atom. The van der Waals surface area contributed by atoms with Crippen LogP contribution in [-0.2, 0) is 11.2 Å². The molecule has 2 rings (SSSR count). The average Bonchev–Trinajstić information content (AvgIpc) is 2.43. The summed E-state index contributed by atoms with van der Waals surface area (Å²) >= 11 is 0. The third-order valence-corrected chi connectivity index (χ3v) is 4.26. The van der Waals surface area contributed by atoms with Crippen molar-refractivity contribution >= 4 is 11.8 Å². The largest absolute Gasteiger partial charge is 0.446 e. The highest BCUT2D eigenvalue weighted by Gasteiger charge is 2.25. The molecule has 2 atom stereocenters. The minimum absolute atomic E-state index is 0.0674. The van der Waals surface area contributed by atoms with Crippen LogP contribution in [0.2, 0.25) is 0 Å². The first-order valence-corrected chi connectivity index (χ1v) is 7.68. The number of hydrogen-bond acceptors (Lipinski definition) is 2. The van der Waals surface area contributed by atoms with Crippen LogP contribution in [0.1, 0.15) is 50.7 Å². The van der Waals surface area contributed by atoms with Crippen LogP contribution >= 0.6 is 0 Å². The molecule has 0 radical (unpaired) electrons. The zero-order valence-electron chi connectivity index (χ0n) is 12.7. The molecule has 1 aliphatic rings. The van der Waals surface area contributed by atoms with Gasteiger partial charge in [-0.25, -0.2) is 4.79 Å². The summed E-state index contributed by atoms with van der Waals surface area (Å²) < 4.78 is 5.61. The van der Waals surface area contributed by atoms with E-state index in [1.54, 1.807) is 0 Å². The maximum Gasteiger partial charge on any atom is 0.411 e. The number of anilines is 1. The fourth-order valence-corrected chi connectivity index (χ4v) is 2.93. The molecule has 1 aromatic rings. The van der Waals surface area contributed by atoms with Gasteiger partial charge in [0.25, 0.3) is 0 Å². The van der Waals surface area contributed by atoms with Crippen molar-refractivity contribution in [1.82, 2.24) is 0 Å². The molecule has 1 fully saturated rings. The van der Waals surface area contributed by atoms with Gasteiger partial charge in [0.15, 0.2) is 0 Å². The Morgan fingerprint density at radius 3 is 2.80 bits per heavy atom. The van der Waals surface area contributed by atoms with Gasteiger partial charge in [-0.3, -0.25) is 5.32 Å². The highest BCUT2D eigenvalue weighted by atomic mass is 16.6. The van der Waals surface area contributed by atoms with E-state index in [1.165, 1.54) is 6.42 Å². The highest BCUT2D eigenvalue weighted by molar-refractivity contribution is 5.87. The highest BCUT2D eigenvalue weighted by Crippen LogP contribution is 2.27. The molecule has 1 saturated carbocycles. The molecular formula is C17H25NO2. The summed E-state index contributed by atoms with van der Waals surface area (Å²) in [4.78, 5) is 12.1. The number of benzene rings is 1. The molecule has 1 amide bonds. The second kappa shape index (κ2) is 6.78. The summed E-state index contributed by atoms with van der Waals surface area (Å²) in [6.45, 7) is 6.27. The monoisotopic (exact) mass is 275 g/mol. The molecular weight excluding hydrogens is 250 g/mol.